The fourth-order valence-electron chi connectivity index (χ4n) is 1.95. The van der Waals surface area contributed by atoms with Gasteiger partial charge in [0.05, 0.1) is 5.52 Å². The number of rotatable bonds is 4. The minimum absolute atomic E-state index is 0.296. The highest BCUT2D eigenvalue weighted by molar-refractivity contribution is 5.84. The molecule has 110 valence electrons. The summed E-state index contributed by atoms with van der Waals surface area (Å²) in [6, 6.07) is 8.23. The van der Waals surface area contributed by atoms with Crippen molar-refractivity contribution in [3.05, 3.63) is 42.1 Å². The molecule has 0 aliphatic heterocycles. The number of hydrogen-bond acceptors (Lipinski definition) is 3. The van der Waals surface area contributed by atoms with Gasteiger partial charge in [0.15, 0.2) is 0 Å². The van der Waals surface area contributed by atoms with Gasteiger partial charge in [-0.2, -0.15) is 0 Å². The summed E-state index contributed by atoms with van der Waals surface area (Å²) in [7, 11) is 1.45. The molecule has 0 aliphatic rings. The van der Waals surface area contributed by atoms with E-state index in [0.717, 1.165) is 21.4 Å². The molecule has 21 heavy (non-hydrogen) atoms. The molecule has 1 atom stereocenters. The lowest BCUT2D eigenvalue weighted by molar-refractivity contribution is -0.141. The maximum atomic E-state index is 11.9. The van der Waals surface area contributed by atoms with Gasteiger partial charge in [0, 0.05) is 25.2 Å². The molecule has 0 aliphatic carbocycles. The van der Waals surface area contributed by atoms with Gasteiger partial charge in [-0.05, 0) is 18.6 Å². The number of amides is 2. The first-order valence-electron chi connectivity index (χ1n) is 6.57. The van der Waals surface area contributed by atoms with Crippen LogP contribution < -0.4 is 5.32 Å². The molecule has 0 saturated carbocycles. The van der Waals surface area contributed by atoms with Crippen LogP contribution in [-0.2, 0) is 11.3 Å². The Morgan fingerprint density at radius 1 is 1.33 bits per heavy atom. The number of carbonyl (C=O) groups excluding carboxylic acids is 1. The third kappa shape index (κ3) is 3.28. The van der Waals surface area contributed by atoms with E-state index in [0.29, 0.717) is 6.54 Å². The van der Waals surface area contributed by atoms with E-state index in [1.54, 1.807) is 6.20 Å². The Morgan fingerprint density at radius 2 is 2.05 bits per heavy atom. The van der Waals surface area contributed by atoms with Crippen LogP contribution in [0.25, 0.3) is 10.9 Å². The van der Waals surface area contributed by atoms with Crippen molar-refractivity contribution in [3.63, 3.8) is 0 Å². The van der Waals surface area contributed by atoms with Crippen LogP contribution >= 0.6 is 0 Å². The van der Waals surface area contributed by atoms with Crippen molar-refractivity contribution in [1.82, 2.24) is 15.2 Å². The number of urea groups is 1. The number of pyridine rings is 1. The molecule has 1 unspecified atom stereocenters. The first kappa shape index (κ1) is 14.8. The zero-order valence-corrected chi connectivity index (χ0v) is 11.9. The van der Waals surface area contributed by atoms with E-state index >= 15 is 0 Å². The Kier molecular flexibility index (Phi) is 4.37. The van der Waals surface area contributed by atoms with E-state index in [1.807, 2.05) is 30.3 Å². The monoisotopic (exact) mass is 287 g/mol. The van der Waals surface area contributed by atoms with Crippen molar-refractivity contribution in [2.45, 2.75) is 19.5 Å². The van der Waals surface area contributed by atoms with Gasteiger partial charge in [0.25, 0.3) is 0 Å². The summed E-state index contributed by atoms with van der Waals surface area (Å²) in [5.41, 5.74) is 1.71. The second kappa shape index (κ2) is 6.21. The maximum Gasteiger partial charge on any atom is 0.326 e. The van der Waals surface area contributed by atoms with Crippen molar-refractivity contribution in [2.24, 2.45) is 0 Å². The van der Waals surface area contributed by atoms with Gasteiger partial charge in [-0.25, -0.2) is 9.59 Å². The summed E-state index contributed by atoms with van der Waals surface area (Å²) in [4.78, 5) is 28.3. The van der Waals surface area contributed by atoms with Crippen molar-refractivity contribution in [2.75, 3.05) is 7.05 Å². The van der Waals surface area contributed by atoms with Crippen molar-refractivity contribution in [3.8, 4) is 0 Å². The largest absolute Gasteiger partial charge is 0.480 e. The first-order chi connectivity index (χ1) is 10.0. The lowest BCUT2D eigenvalue weighted by atomic mass is 10.1. The van der Waals surface area contributed by atoms with Crippen LogP contribution in [0.5, 0.6) is 0 Å². The van der Waals surface area contributed by atoms with E-state index in [4.69, 9.17) is 5.11 Å². The Bertz CT molecular complexity index is 667. The van der Waals surface area contributed by atoms with Gasteiger partial charge < -0.3 is 15.3 Å². The topological polar surface area (TPSA) is 82.5 Å². The lowest BCUT2D eigenvalue weighted by Gasteiger charge is -2.22. The fraction of sp³-hybridized carbons (Fsp3) is 0.267. The zero-order chi connectivity index (χ0) is 15.4. The molecular weight excluding hydrogens is 270 g/mol. The molecule has 2 aromatic rings. The minimum atomic E-state index is -1.04. The number of likely N-dealkylation sites (N-methyl/N-ethyl adjacent to an activating group) is 1. The van der Waals surface area contributed by atoms with Crippen LogP contribution in [0.2, 0.25) is 0 Å². The molecule has 6 heteroatoms. The predicted octanol–water partition coefficient (Wildman–Crippen LogP) is 1.85. The van der Waals surface area contributed by atoms with Crippen LogP contribution in [0.3, 0.4) is 0 Å². The van der Waals surface area contributed by atoms with Gasteiger partial charge in [-0.1, -0.05) is 24.3 Å². The molecule has 2 amide bonds. The summed E-state index contributed by atoms with van der Waals surface area (Å²) in [6.07, 6.45) is 1.70. The lowest BCUT2D eigenvalue weighted by Crippen LogP contribution is -2.45. The van der Waals surface area contributed by atoms with E-state index in [2.05, 4.69) is 10.3 Å². The molecular formula is C15H17N3O3. The Morgan fingerprint density at radius 3 is 2.76 bits per heavy atom. The fourth-order valence-corrected chi connectivity index (χ4v) is 1.95. The average Bonchev–Trinajstić information content (AvgIpc) is 2.50. The number of fused-ring (bicyclic) bond motifs is 1. The first-order valence-corrected chi connectivity index (χ1v) is 6.57. The van der Waals surface area contributed by atoms with Gasteiger partial charge in [0.1, 0.15) is 6.04 Å². The summed E-state index contributed by atoms with van der Waals surface area (Å²) in [5.74, 6) is -1.04. The number of aromatic nitrogens is 1. The van der Waals surface area contributed by atoms with Crippen LogP contribution in [0, 0.1) is 0 Å². The van der Waals surface area contributed by atoms with E-state index < -0.39 is 18.0 Å². The molecule has 0 saturated heterocycles. The number of aliphatic carboxylic acids is 1. The third-order valence-corrected chi connectivity index (χ3v) is 3.41. The smallest absolute Gasteiger partial charge is 0.326 e. The van der Waals surface area contributed by atoms with Crippen LogP contribution in [-0.4, -0.2) is 40.1 Å². The van der Waals surface area contributed by atoms with Gasteiger partial charge in [-0.15, -0.1) is 0 Å². The standard InChI is InChI=1S/C15H17N3O3/c1-10(14(19)20)18(2)15(21)17-9-12-6-3-5-11-7-4-8-16-13(11)12/h3-8,10H,9H2,1-2H3,(H,17,21)(H,19,20). The Labute approximate surface area is 122 Å². The highest BCUT2D eigenvalue weighted by atomic mass is 16.4. The maximum absolute atomic E-state index is 11.9. The van der Waals surface area contributed by atoms with Crippen LogP contribution in [0.4, 0.5) is 4.79 Å². The summed E-state index contributed by atoms with van der Waals surface area (Å²) >= 11 is 0. The second-order valence-corrected chi connectivity index (χ2v) is 4.78. The normalized spacial score (nSPS) is 11.9. The number of benzene rings is 1. The highest BCUT2D eigenvalue weighted by Gasteiger charge is 2.21. The second-order valence-electron chi connectivity index (χ2n) is 4.78. The molecule has 1 aromatic heterocycles. The van der Waals surface area contributed by atoms with Crippen molar-refractivity contribution >= 4 is 22.9 Å². The molecule has 2 rings (SSSR count). The molecule has 0 radical (unpaired) electrons. The van der Waals surface area contributed by atoms with Gasteiger partial charge in [-0.3, -0.25) is 4.98 Å². The zero-order valence-electron chi connectivity index (χ0n) is 11.9. The molecule has 2 N–H and O–H groups in total. The summed E-state index contributed by atoms with van der Waals surface area (Å²) in [5, 5.41) is 12.6. The highest BCUT2D eigenvalue weighted by Crippen LogP contribution is 2.15. The number of hydrogen-bond donors (Lipinski definition) is 2. The molecule has 0 bridgehead atoms. The van der Waals surface area contributed by atoms with Gasteiger partial charge >= 0.3 is 12.0 Å². The predicted molar refractivity (Wildman–Crippen MR) is 78.8 cm³/mol. The number of nitrogens with one attached hydrogen (secondary N) is 1. The van der Waals surface area contributed by atoms with Crippen molar-refractivity contribution < 1.29 is 14.7 Å². The molecule has 1 heterocycles. The number of carbonyl (C=O) groups is 2. The van der Waals surface area contributed by atoms with E-state index in [-0.39, 0.29) is 0 Å². The molecule has 6 nitrogen and oxygen atoms in total. The third-order valence-electron chi connectivity index (χ3n) is 3.41. The number of carboxylic acid groups (broad SMARTS) is 1. The van der Waals surface area contributed by atoms with Gasteiger partial charge in [0.2, 0.25) is 0 Å². The quantitative estimate of drug-likeness (QED) is 0.899. The van der Waals surface area contributed by atoms with Crippen LogP contribution in [0.15, 0.2) is 36.5 Å². The molecule has 0 fully saturated rings. The van der Waals surface area contributed by atoms with Crippen LogP contribution in [0.1, 0.15) is 12.5 Å². The molecule has 1 aromatic carbocycles. The average molecular weight is 287 g/mol. The van der Waals surface area contributed by atoms with E-state index in [1.165, 1.54) is 14.0 Å². The minimum Gasteiger partial charge on any atom is -0.480 e. The van der Waals surface area contributed by atoms with E-state index in [9.17, 15) is 9.59 Å². The Hall–Kier alpha value is -2.63. The number of nitrogens with zero attached hydrogens (tertiary/aromatic N) is 2. The molecule has 0 spiro atoms. The van der Waals surface area contributed by atoms with Crippen molar-refractivity contribution in [1.29, 1.82) is 0 Å². The number of carboxylic acids is 1. The summed E-state index contributed by atoms with van der Waals surface area (Å²) in [6.45, 7) is 1.76. The number of para-hydroxylation sites is 1. The SMILES string of the molecule is CC(C(=O)O)N(C)C(=O)NCc1cccc2cccnc12. The Balaban J connectivity index is 2.08. The summed E-state index contributed by atoms with van der Waals surface area (Å²) < 4.78 is 0.